The van der Waals surface area contributed by atoms with Gasteiger partial charge in [-0.05, 0) is 18.6 Å². The lowest BCUT2D eigenvalue weighted by molar-refractivity contribution is -0.384. The van der Waals surface area contributed by atoms with Gasteiger partial charge in [0.15, 0.2) is 0 Å². The van der Waals surface area contributed by atoms with E-state index in [1.54, 1.807) is 0 Å². The zero-order valence-corrected chi connectivity index (χ0v) is 10.6. The maximum Gasteiger partial charge on any atom is 0.288 e. The second-order valence-corrected chi connectivity index (χ2v) is 4.21. The number of nitro groups is 1. The number of nitro benzene ring substituents is 1. The van der Waals surface area contributed by atoms with Crippen LogP contribution in [0.25, 0.3) is 0 Å². The number of hydrogen-bond acceptors (Lipinski definition) is 4. The van der Waals surface area contributed by atoms with Gasteiger partial charge < -0.3 is 11.1 Å². The molecule has 0 aliphatic rings. The smallest absolute Gasteiger partial charge is 0.288 e. The van der Waals surface area contributed by atoms with E-state index < -0.39 is 11.0 Å². The molecule has 1 aromatic carbocycles. The van der Waals surface area contributed by atoms with Crippen LogP contribution in [0.2, 0.25) is 5.02 Å². The molecule has 0 fully saturated rings. The zero-order valence-electron chi connectivity index (χ0n) is 9.85. The fourth-order valence-electron chi connectivity index (χ4n) is 1.41. The highest BCUT2D eigenvalue weighted by atomic mass is 35.5. The molecule has 0 saturated carbocycles. The van der Waals surface area contributed by atoms with Gasteiger partial charge in [-0.3, -0.25) is 14.9 Å². The van der Waals surface area contributed by atoms with E-state index in [0.717, 1.165) is 6.42 Å². The molecule has 6 nitrogen and oxygen atoms in total. The minimum atomic E-state index is -0.594. The van der Waals surface area contributed by atoms with Crippen molar-refractivity contribution < 1.29 is 9.72 Å². The summed E-state index contributed by atoms with van der Waals surface area (Å²) in [5, 5.41) is 13.1. The lowest BCUT2D eigenvalue weighted by Gasteiger charge is -2.11. The Kier molecular flexibility index (Phi) is 5.06. The minimum absolute atomic E-state index is 0.0261. The van der Waals surface area contributed by atoms with Crippen molar-refractivity contribution in [3.8, 4) is 0 Å². The average Bonchev–Trinajstić information content (AvgIpc) is 2.28. The lowest BCUT2D eigenvalue weighted by atomic mass is 10.1. The molecule has 1 atom stereocenters. The van der Waals surface area contributed by atoms with E-state index in [9.17, 15) is 14.9 Å². The Bertz CT molecular complexity index is 465. The fraction of sp³-hybridized carbons (Fsp3) is 0.364. The molecule has 0 saturated heterocycles. The van der Waals surface area contributed by atoms with Gasteiger partial charge in [-0.1, -0.05) is 24.9 Å². The lowest BCUT2D eigenvalue weighted by Crippen LogP contribution is -2.35. The van der Waals surface area contributed by atoms with Gasteiger partial charge in [-0.2, -0.15) is 0 Å². The first-order valence-corrected chi connectivity index (χ1v) is 5.84. The number of carbonyl (C=O) groups is 1. The Hall–Kier alpha value is -1.66. The molecule has 0 aliphatic heterocycles. The topological polar surface area (TPSA) is 98.3 Å². The van der Waals surface area contributed by atoms with E-state index in [2.05, 4.69) is 5.32 Å². The van der Waals surface area contributed by atoms with Crippen LogP contribution in [-0.2, 0) is 4.79 Å². The summed E-state index contributed by atoms with van der Waals surface area (Å²) in [5.41, 5.74) is 5.83. The number of rotatable bonds is 5. The highest BCUT2D eigenvalue weighted by Gasteiger charge is 2.15. The summed E-state index contributed by atoms with van der Waals surface area (Å²) in [6, 6.07) is 3.39. The van der Waals surface area contributed by atoms with Gasteiger partial charge >= 0.3 is 0 Å². The first-order chi connectivity index (χ1) is 8.45. The molecule has 1 rings (SSSR count). The minimum Gasteiger partial charge on any atom is -0.325 e. The largest absolute Gasteiger partial charge is 0.325 e. The number of anilines is 1. The molecular formula is C11H14ClN3O3. The number of nitrogens with zero attached hydrogens (tertiary/aromatic N) is 1. The van der Waals surface area contributed by atoms with Crippen molar-refractivity contribution in [1.82, 2.24) is 0 Å². The van der Waals surface area contributed by atoms with Crippen molar-refractivity contribution in [2.45, 2.75) is 25.8 Å². The highest BCUT2D eigenvalue weighted by molar-refractivity contribution is 6.33. The first-order valence-electron chi connectivity index (χ1n) is 5.46. The number of benzene rings is 1. The first kappa shape index (κ1) is 14.4. The summed E-state index contributed by atoms with van der Waals surface area (Å²) in [4.78, 5) is 21.6. The molecule has 1 amide bonds. The second kappa shape index (κ2) is 6.32. The van der Waals surface area contributed by atoms with Crippen LogP contribution in [0.1, 0.15) is 19.8 Å². The molecule has 0 unspecified atom stereocenters. The third-order valence-electron chi connectivity index (χ3n) is 2.35. The van der Waals surface area contributed by atoms with Crippen molar-refractivity contribution in [3.63, 3.8) is 0 Å². The number of nitrogens with two attached hydrogens (primary N) is 1. The Labute approximate surface area is 109 Å². The summed E-state index contributed by atoms with van der Waals surface area (Å²) in [6.07, 6.45) is 1.38. The normalized spacial score (nSPS) is 11.9. The van der Waals surface area contributed by atoms with Crippen molar-refractivity contribution in [3.05, 3.63) is 33.3 Å². The maximum absolute atomic E-state index is 11.6. The standard InChI is InChI=1S/C11H14ClN3O3/c1-2-3-9(13)11(16)14-7-4-5-10(15(17)18)8(12)6-7/h4-6,9H,2-3,13H2,1H3,(H,14,16)/t9-/m0/s1. The SMILES string of the molecule is CCC[C@H](N)C(=O)Nc1ccc([N+](=O)[O-])c(Cl)c1. The monoisotopic (exact) mass is 271 g/mol. The maximum atomic E-state index is 11.6. The third-order valence-corrected chi connectivity index (χ3v) is 2.65. The van der Waals surface area contributed by atoms with E-state index in [0.29, 0.717) is 12.1 Å². The van der Waals surface area contributed by atoms with Crippen molar-refractivity contribution in [2.24, 2.45) is 5.73 Å². The van der Waals surface area contributed by atoms with Crippen molar-refractivity contribution in [2.75, 3.05) is 5.32 Å². The summed E-state index contributed by atoms with van der Waals surface area (Å²) in [5.74, 6) is -0.332. The molecule has 0 spiro atoms. The molecule has 0 aromatic heterocycles. The van der Waals surface area contributed by atoms with E-state index in [4.69, 9.17) is 17.3 Å². The second-order valence-electron chi connectivity index (χ2n) is 3.81. The van der Waals surface area contributed by atoms with Crippen LogP contribution >= 0.6 is 11.6 Å². The van der Waals surface area contributed by atoms with E-state index in [1.165, 1.54) is 18.2 Å². The summed E-state index contributed by atoms with van der Waals surface area (Å²) < 4.78 is 0. The van der Waals surface area contributed by atoms with Gasteiger partial charge in [0.2, 0.25) is 5.91 Å². The highest BCUT2D eigenvalue weighted by Crippen LogP contribution is 2.27. The molecule has 1 aromatic rings. The molecule has 7 heteroatoms. The van der Waals surface area contributed by atoms with Gasteiger partial charge in [-0.25, -0.2) is 0 Å². The van der Waals surface area contributed by atoms with Crippen molar-refractivity contribution in [1.29, 1.82) is 0 Å². The molecule has 0 radical (unpaired) electrons. The van der Waals surface area contributed by atoms with E-state index in [-0.39, 0.29) is 16.6 Å². The van der Waals surface area contributed by atoms with Crippen LogP contribution in [0.4, 0.5) is 11.4 Å². The van der Waals surface area contributed by atoms with E-state index in [1.807, 2.05) is 6.92 Å². The van der Waals surface area contributed by atoms with Crippen LogP contribution < -0.4 is 11.1 Å². The van der Waals surface area contributed by atoms with Crippen LogP contribution in [0, 0.1) is 10.1 Å². The molecule has 0 heterocycles. The average molecular weight is 272 g/mol. The molecular weight excluding hydrogens is 258 g/mol. The third kappa shape index (κ3) is 3.68. The number of nitrogens with one attached hydrogen (secondary N) is 1. The molecule has 3 N–H and O–H groups in total. The van der Waals surface area contributed by atoms with Crippen LogP contribution in [0.5, 0.6) is 0 Å². The Morgan fingerprint density at radius 2 is 2.28 bits per heavy atom. The number of carbonyl (C=O) groups excluding carboxylic acids is 1. The van der Waals surface area contributed by atoms with Crippen LogP contribution in [0.3, 0.4) is 0 Å². The molecule has 18 heavy (non-hydrogen) atoms. The van der Waals surface area contributed by atoms with Gasteiger partial charge in [0, 0.05) is 11.8 Å². The van der Waals surface area contributed by atoms with Crippen LogP contribution in [-0.4, -0.2) is 16.9 Å². The predicted molar refractivity (Wildman–Crippen MR) is 69.6 cm³/mol. The molecule has 0 bridgehead atoms. The zero-order chi connectivity index (χ0) is 13.7. The quantitative estimate of drug-likeness (QED) is 0.634. The van der Waals surface area contributed by atoms with Gasteiger partial charge in [0.25, 0.3) is 5.69 Å². The number of halogens is 1. The molecule has 98 valence electrons. The summed E-state index contributed by atoms with van der Waals surface area (Å²) >= 11 is 5.72. The predicted octanol–water partition coefficient (Wildman–Crippen LogP) is 2.31. The van der Waals surface area contributed by atoms with Gasteiger partial charge in [0.05, 0.1) is 11.0 Å². The van der Waals surface area contributed by atoms with Crippen LogP contribution in [0.15, 0.2) is 18.2 Å². The van der Waals surface area contributed by atoms with Crippen molar-refractivity contribution >= 4 is 28.9 Å². The number of hydrogen-bond donors (Lipinski definition) is 2. The molecule has 0 aliphatic carbocycles. The van der Waals surface area contributed by atoms with Gasteiger partial charge in [-0.15, -0.1) is 0 Å². The number of amides is 1. The fourth-order valence-corrected chi connectivity index (χ4v) is 1.66. The van der Waals surface area contributed by atoms with E-state index >= 15 is 0 Å². The summed E-state index contributed by atoms with van der Waals surface area (Å²) in [6.45, 7) is 1.93. The Balaban J connectivity index is 2.77. The summed E-state index contributed by atoms with van der Waals surface area (Å²) in [7, 11) is 0. The van der Waals surface area contributed by atoms with Gasteiger partial charge in [0.1, 0.15) is 5.02 Å². The Morgan fingerprint density at radius 1 is 1.61 bits per heavy atom. The Morgan fingerprint density at radius 3 is 2.78 bits per heavy atom.